The van der Waals surface area contributed by atoms with Crippen molar-refractivity contribution in [1.29, 1.82) is 0 Å². The highest BCUT2D eigenvalue weighted by atomic mass is 16.2. The highest BCUT2D eigenvalue weighted by Gasteiger charge is 2.36. The van der Waals surface area contributed by atoms with Gasteiger partial charge < -0.3 is 11.1 Å². The number of nitrogens with zero attached hydrogens (tertiary/aromatic N) is 3. The number of rotatable bonds is 5. The van der Waals surface area contributed by atoms with Crippen LogP contribution in [0.1, 0.15) is 40.2 Å². The molecule has 118 valence electrons. The number of carbonyl (C=O) groups is 1. The molecule has 6 heteroatoms. The van der Waals surface area contributed by atoms with Gasteiger partial charge in [0.25, 0.3) is 0 Å². The van der Waals surface area contributed by atoms with Crippen LogP contribution in [0.5, 0.6) is 0 Å². The predicted molar refractivity (Wildman–Crippen MR) is 84.1 cm³/mol. The average Bonchev–Trinajstić information content (AvgIpc) is 3.05. The Kier molecular flexibility index (Phi) is 4.68. The normalized spacial score (nSPS) is 24.5. The van der Waals surface area contributed by atoms with E-state index in [4.69, 9.17) is 5.73 Å². The first kappa shape index (κ1) is 16.0. The lowest BCUT2D eigenvalue weighted by Crippen LogP contribution is -2.42. The van der Waals surface area contributed by atoms with Crippen LogP contribution in [-0.2, 0) is 4.79 Å². The van der Waals surface area contributed by atoms with Crippen LogP contribution in [0.15, 0.2) is 12.3 Å². The molecule has 0 aromatic carbocycles. The molecule has 1 aromatic heterocycles. The summed E-state index contributed by atoms with van der Waals surface area (Å²) >= 11 is 0. The van der Waals surface area contributed by atoms with Crippen LogP contribution in [0.3, 0.4) is 0 Å². The molecule has 0 radical (unpaired) electrons. The smallest absolute Gasteiger partial charge is 0.242 e. The van der Waals surface area contributed by atoms with Gasteiger partial charge >= 0.3 is 0 Å². The molecule has 0 spiro atoms. The molecule has 2 heterocycles. The van der Waals surface area contributed by atoms with Crippen LogP contribution < -0.4 is 11.1 Å². The van der Waals surface area contributed by atoms with E-state index >= 15 is 0 Å². The van der Waals surface area contributed by atoms with E-state index in [0.717, 1.165) is 25.3 Å². The predicted octanol–water partition coefficient (Wildman–Crippen LogP) is 1.46. The first-order chi connectivity index (χ1) is 9.86. The van der Waals surface area contributed by atoms with Gasteiger partial charge in [0.2, 0.25) is 5.91 Å². The SMILES string of the molecule is CC(C(=O)Nc1ccnn1C(C)C)N1CCC(C)(CN)C1. The number of anilines is 1. The minimum Gasteiger partial charge on any atom is -0.330 e. The summed E-state index contributed by atoms with van der Waals surface area (Å²) in [5.41, 5.74) is 5.96. The number of hydrogen-bond donors (Lipinski definition) is 2. The van der Waals surface area contributed by atoms with E-state index in [2.05, 4.69) is 22.2 Å². The van der Waals surface area contributed by atoms with Crippen molar-refractivity contribution in [2.75, 3.05) is 25.0 Å². The van der Waals surface area contributed by atoms with E-state index in [0.29, 0.717) is 6.54 Å². The van der Waals surface area contributed by atoms with Gasteiger partial charge in [-0.05, 0) is 45.7 Å². The van der Waals surface area contributed by atoms with Crippen LogP contribution in [-0.4, -0.2) is 46.3 Å². The lowest BCUT2D eigenvalue weighted by molar-refractivity contribution is -0.120. The second kappa shape index (κ2) is 6.15. The summed E-state index contributed by atoms with van der Waals surface area (Å²) in [4.78, 5) is 14.7. The summed E-state index contributed by atoms with van der Waals surface area (Å²) in [6.45, 7) is 10.7. The van der Waals surface area contributed by atoms with E-state index in [9.17, 15) is 4.79 Å². The van der Waals surface area contributed by atoms with Crippen molar-refractivity contribution in [1.82, 2.24) is 14.7 Å². The zero-order chi connectivity index (χ0) is 15.6. The number of nitrogens with one attached hydrogen (secondary N) is 1. The summed E-state index contributed by atoms with van der Waals surface area (Å²) in [5.74, 6) is 0.765. The number of amides is 1. The van der Waals surface area contributed by atoms with Gasteiger partial charge in [-0.1, -0.05) is 6.92 Å². The maximum Gasteiger partial charge on any atom is 0.242 e. The van der Waals surface area contributed by atoms with Gasteiger partial charge in [0.05, 0.1) is 12.2 Å². The summed E-state index contributed by atoms with van der Waals surface area (Å²) in [7, 11) is 0. The number of nitrogens with two attached hydrogens (primary N) is 1. The molecule has 2 atom stereocenters. The fourth-order valence-electron chi connectivity index (χ4n) is 2.78. The quantitative estimate of drug-likeness (QED) is 0.862. The average molecular weight is 293 g/mol. The third kappa shape index (κ3) is 3.44. The molecule has 1 aliphatic rings. The third-order valence-electron chi connectivity index (χ3n) is 4.42. The molecule has 2 unspecified atom stereocenters. The molecule has 0 saturated carbocycles. The maximum absolute atomic E-state index is 12.4. The van der Waals surface area contributed by atoms with Crippen molar-refractivity contribution in [2.45, 2.75) is 46.2 Å². The zero-order valence-electron chi connectivity index (χ0n) is 13.5. The van der Waals surface area contributed by atoms with Crippen molar-refractivity contribution >= 4 is 11.7 Å². The molecule has 1 fully saturated rings. The van der Waals surface area contributed by atoms with Gasteiger partial charge in [-0.3, -0.25) is 9.69 Å². The molecule has 1 aromatic rings. The Bertz CT molecular complexity index is 498. The zero-order valence-corrected chi connectivity index (χ0v) is 13.5. The van der Waals surface area contributed by atoms with Gasteiger partial charge in [-0.15, -0.1) is 0 Å². The monoisotopic (exact) mass is 293 g/mol. The van der Waals surface area contributed by atoms with E-state index in [1.807, 2.05) is 31.5 Å². The Hall–Kier alpha value is -1.40. The number of hydrogen-bond acceptors (Lipinski definition) is 4. The topological polar surface area (TPSA) is 76.2 Å². The first-order valence-electron chi connectivity index (χ1n) is 7.65. The fourth-order valence-corrected chi connectivity index (χ4v) is 2.78. The molecule has 21 heavy (non-hydrogen) atoms. The second-order valence-electron chi connectivity index (χ2n) is 6.66. The minimum atomic E-state index is -0.158. The molecular formula is C15H27N5O. The van der Waals surface area contributed by atoms with Crippen LogP contribution >= 0.6 is 0 Å². The minimum absolute atomic E-state index is 0.0127. The summed E-state index contributed by atoms with van der Waals surface area (Å²) in [6.07, 6.45) is 2.76. The summed E-state index contributed by atoms with van der Waals surface area (Å²) < 4.78 is 1.82. The number of likely N-dealkylation sites (tertiary alicyclic amines) is 1. The Labute approximate surface area is 126 Å². The van der Waals surface area contributed by atoms with Gasteiger partial charge in [0.15, 0.2) is 0 Å². The van der Waals surface area contributed by atoms with Crippen molar-refractivity contribution in [3.63, 3.8) is 0 Å². The molecular weight excluding hydrogens is 266 g/mol. The lowest BCUT2D eigenvalue weighted by atomic mass is 9.90. The molecule has 6 nitrogen and oxygen atoms in total. The van der Waals surface area contributed by atoms with Crippen LogP contribution in [0, 0.1) is 5.41 Å². The Morgan fingerprint density at radius 1 is 1.52 bits per heavy atom. The lowest BCUT2D eigenvalue weighted by Gasteiger charge is -2.26. The van der Waals surface area contributed by atoms with E-state index in [1.54, 1.807) is 6.20 Å². The standard InChI is InChI=1S/C15H27N5O/c1-11(2)20-13(5-7-17-20)18-14(21)12(3)19-8-6-15(4,9-16)10-19/h5,7,11-12H,6,8-10,16H2,1-4H3,(H,18,21). The molecule has 1 aliphatic heterocycles. The van der Waals surface area contributed by atoms with Crippen molar-refractivity contribution in [3.05, 3.63) is 12.3 Å². The van der Waals surface area contributed by atoms with E-state index in [-0.39, 0.29) is 23.4 Å². The molecule has 0 aliphatic carbocycles. The third-order valence-corrected chi connectivity index (χ3v) is 4.42. The fraction of sp³-hybridized carbons (Fsp3) is 0.733. The first-order valence-corrected chi connectivity index (χ1v) is 7.65. The molecule has 0 bridgehead atoms. The van der Waals surface area contributed by atoms with Crippen LogP contribution in [0.2, 0.25) is 0 Å². The Morgan fingerprint density at radius 2 is 2.24 bits per heavy atom. The second-order valence-corrected chi connectivity index (χ2v) is 6.66. The van der Waals surface area contributed by atoms with E-state index < -0.39 is 0 Å². The van der Waals surface area contributed by atoms with Gasteiger partial charge in [-0.2, -0.15) is 5.10 Å². The van der Waals surface area contributed by atoms with E-state index in [1.165, 1.54) is 0 Å². The van der Waals surface area contributed by atoms with Gasteiger partial charge in [0, 0.05) is 18.7 Å². The largest absolute Gasteiger partial charge is 0.330 e. The molecule has 1 saturated heterocycles. The Balaban J connectivity index is 1.99. The van der Waals surface area contributed by atoms with Crippen molar-refractivity contribution in [3.8, 4) is 0 Å². The van der Waals surface area contributed by atoms with Gasteiger partial charge in [-0.25, -0.2) is 4.68 Å². The number of carbonyl (C=O) groups excluding carboxylic acids is 1. The van der Waals surface area contributed by atoms with Crippen molar-refractivity contribution < 1.29 is 4.79 Å². The van der Waals surface area contributed by atoms with Crippen LogP contribution in [0.4, 0.5) is 5.82 Å². The summed E-state index contributed by atoms with van der Waals surface area (Å²) in [6, 6.07) is 1.89. The van der Waals surface area contributed by atoms with Crippen LogP contribution in [0.25, 0.3) is 0 Å². The maximum atomic E-state index is 12.4. The highest BCUT2D eigenvalue weighted by molar-refractivity contribution is 5.93. The van der Waals surface area contributed by atoms with Crippen molar-refractivity contribution in [2.24, 2.45) is 11.1 Å². The molecule has 1 amide bonds. The summed E-state index contributed by atoms with van der Waals surface area (Å²) in [5, 5.41) is 7.22. The molecule has 2 rings (SSSR count). The Morgan fingerprint density at radius 3 is 2.81 bits per heavy atom. The molecule has 3 N–H and O–H groups in total. The highest BCUT2D eigenvalue weighted by Crippen LogP contribution is 2.30. The number of aromatic nitrogens is 2. The van der Waals surface area contributed by atoms with Gasteiger partial charge in [0.1, 0.15) is 5.82 Å².